The van der Waals surface area contributed by atoms with E-state index < -0.39 is 0 Å². The fourth-order valence-electron chi connectivity index (χ4n) is 1.54. The summed E-state index contributed by atoms with van der Waals surface area (Å²) in [6.07, 6.45) is 2.47. The Bertz CT molecular complexity index is 396. The van der Waals surface area contributed by atoms with E-state index in [2.05, 4.69) is 36.4 Å². The monoisotopic (exact) mass is 265 g/mol. The Kier molecular flexibility index (Phi) is 5.76. The van der Waals surface area contributed by atoms with E-state index in [1.807, 2.05) is 6.07 Å². The molecule has 0 aliphatic rings. The van der Waals surface area contributed by atoms with Crippen molar-refractivity contribution in [2.24, 2.45) is 0 Å². The first kappa shape index (κ1) is 15.4. The number of methoxy groups -OCH3 is 1. The molecule has 1 aromatic heterocycles. The number of nitrogens with one attached hydrogen (secondary N) is 2. The molecule has 1 aromatic rings. The van der Waals surface area contributed by atoms with Crippen LogP contribution in [-0.4, -0.2) is 36.7 Å². The molecule has 5 nitrogen and oxygen atoms in total. The summed E-state index contributed by atoms with van der Waals surface area (Å²) in [5, 5.41) is 6.10. The standard InChI is InChI=1S/C14H23N3O2/c1-14(2,3)17-11-6-7-12(16-10-11)13(18)15-8-5-9-19-4/h6-7,10,17H,5,8-9H2,1-4H3,(H,15,18). The number of rotatable bonds is 6. The highest BCUT2D eigenvalue weighted by molar-refractivity contribution is 5.92. The highest BCUT2D eigenvalue weighted by Gasteiger charge is 2.10. The molecule has 0 atom stereocenters. The summed E-state index contributed by atoms with van der Waals surface area (Å²) < 4.78 is 4.92. The van der Waals surface area contributed by atoms with Crippen molar-refractivity contribution in [1.29, 1.82) is 0 Å². The zero-order valence-electron chi connectivity index (χ0n) is 12.1. The number of nitrogens with zero attached hydrogens (tertiary/aromatic N) is 1. The van der Waals surface area contributed by atoms with Gasteiger partial charge in [0, 0.05) is 25.8 Å². The van der Waals surface area contributed by atoms with Crippen LogP contribution in [0.3, 0.4) is 0 Å². The minimum Gasteiger partial charge on any atom is -0.385 e. The molecule has 0 spiro atoms. The third-order valence-corrected chi connectivity index (χ3v) is 2.33. The van der Waals surface area contributed by atoms with E-state index in [0.29, 0.717) is 18.8 Å². The average Bonchev–Trinajstić information content (AvgIpc) is 2.33. The van der Waals surface area contributed by atoms with Crippen LogP contribution < -0.4 is 10.6 Å². The minimum absolute atomic E-state index is 0.0222. The number of hydrogen-bond donors (Lipinski definition) is 2. The first-order valence-corrected chi connectivity index (χ1v) is 6.44. The van der Waals surface area contributed by atoms with Gasteiger partial charge in [0.2, 0.25) is 0 Å². The lowest BCUT2D eigenvalue weighted by atomic mass is 10.1. The third kappa shape index (κ3) is 6.20. The van der Waals surface area contributed by atoms with Crippen LogP contribution in [0.25, 0.3) is 0 Å². The summed E-state index contributed by atoms with van der Waals surface area (Å²) in [6, 6.07) is 3.59. The van der Waals surface area contributed by atoms with Crippen LogP contribution in [0.2, 0.25) is 0 Å². The van der Waals surface area contributed by atoms with E-state index in [1.165, 1.54) is 0 Å². The van der Waals surface area contributed by atoms with Crippen LogP contribution in [0.5, 0.6) is 0 Å². The largest absolute Gasteiger partial charge is 0.385 e. The molecular weight excluding hydrogens is 242 g/mol. The number of anilines is 1. The number of ether oxygens (including phenoxy) is 1. The summed E-state index contributed by atoms with van der Waals surface area (Å²) in [7, 11) is 1.64. The van der Waals surface area contributed by atoms with Gasteiger partial charge < -0.3 is 15.4 Å². The maximum atomic E-state index is 11.8. The quantitative estimate of drug-likeness (QED) is 0.773. The lowest BCUT2D eigenvalue weighted by Crippen LogP contribution is -2.27. The first-order chi connectivity index (χ1) is 8.92. The van der Waals surface area contributed by atoms with Gasteiger partial charge in [-0.3, -0.25) is 4.79 Å². The van der Waals surface area contributed by atoms with E-state index in [9.17, 15) is 4.79 Å². The number of pyridine rings is 1. The molecule has 19 heavy (non-hydrogen) atoms. The Morgan fingerprint density at radius 3 is 2.63 bits per heavy atom. The highest BCUT2D eigenvalue weighted by atomic mass is 16.5. The minimum atomic E-state index is -0.154. The molecule has 0 saturated heterocycles. The van der Waals surface area contributed by atoms with Gasteiger partial charge in [0.25, 0.3) is 5.91 Å². The average molecular weight is 265 g/mol. The first-order valence-electron chi connectivity index (χ1n) is 6.44. The van der Waals surface area contributed by atoms with Crippen LogP contribution in [0.4, 0.5) is 5.69 Å². The Labute approximate surface area is 114 Å². The number of amides is 1. The highest BCUT2D eigenvalue weighted by Crippen LogP contribution is 2.13. The molecule has 106 valence electrons. The maximum absolute atomic E-state index is 11.8. The topological polar surface area (TPSA) is 63.2 Å². The molecule has 0 bridgehead atoms. The van der Waals surface area contributed by atoms with Crippen molar-refractivity contribution in [2.45, 2.75) is 32.7 Å². The van der Waals surface area contributed by atoms with E-state index in [0.717, 1.165) is 12.1 Å². The lowest BCUT2D eigenvalue weighted by molar-refractivity contribution is 0.0943. The van der Waals surface area contributed by atoms with Crippen molar-refractivity contribution in [3.05, 3.63) is 24.0 Å². The van der Waals surface area contributed by atoms with Crippen molar-refractivity contribution in [2.75, 3.05) is 25.6 Å². The zero-order valence-corrected chi connectivity index (χ0v) is 12.1. The Morgan fingerprint density at radius 1 is 1.37 bits per heavy atom. The lowest BCUT2D eigenvalue weighted by Gasteiger charge is -2.21. The van der Waals surface area contributed by atoms with Crippen molar-refractivity contribution in [3.63, 3.8) is 0 Å². The molecule has 1 rings (SSSR count). The molecule has 0 aromatic carbocycles. The fraction of sp³-hybridized carbons (Fsp3) is 0.571. The molecule has 0 unspecified atom stereocenters. The molecule has 1 heterocycles. The number of hydrogen-bond acceptors (Lipinski definition) is 4. The second-order valence-corrected chi connectivity index (χ2v) is 5.41. The zero-order chi connectivity index (χ0) is 14.3. The van der Waals surface area contributed by atoms with Crippen LogP contribution in [-0.2, 0) is 4.74 Å². The smallest absolute Gasteiger partial charge is 0.269 e. The number of carbonyl (C=O) groups is 1. The predicted octanol–water partition coefficient (Wildman–Crippen LogP) is 2.06. The van der Waals surface area contributed by atoms with Gasteiger partial charge in [-0.15, -0.1) is 0 Å². The normalized spacial score (nSPS) is 11.2. The molecule has 2 N–H and O–H groups in total. The SMILES string of the molecule is COCCCNC(=O)c1ccc(NC(C)(C)C)cn1. The molecule has 0 aliphatic carbocycles. The predicted molar refractivity (Wildman–Crippen MR) is 76.4 cm³/mol. The van der Waals surface area contributed by atoms with Crippen molar-refractivity contribution in [1.82, 2.24) is 10.3 Å². The van der Waals surface area contributed by atoms with Gasteiger partial charge in [0.1, 0.15) is 5.69 Å². The Balaban J connectivity index is 2.49. The van der Waals surface area contributed by atoms with Gasteiger partial charge in [-0.05, 0) is 39.3 Å². The molecule has 1 amide bonds. The van der Waals surface area contributed by atoms with Gasteiger partial charge in [0.15, 0.2) is 0 Å². The molecule has 0 saturated carbocycles. The molecular formula is C14H23N3O2. The number of aromatic nitrogens is 1. The van der Waals surface area contributed by atoms with Gasteiger partial charge in [0.05, 0.1) is 11.9 Å². The van der Waals surface area contributed by atoms with Crippen molar-refractivity contribution >= 4 is 11.6 Å². The van der Waals surface area contributed by atoms with Crippen LogP contribution in [0.15, 0.2) is 18.3 Å². The van der Waals surface area contributed by atoms with Crippen LogP contribution in [0, 0.1) is 0 Å². The van der Waals surface area contributed by atoms with Crippen LogP contribution in [0.1, 0.15) is 37.7 Å². The summed E-state index contributed by atoms with van der Waals surface area (Å²) >= 11 is 0. The molecule has 0 radical (unpaired) electrons. The van der Waals surface area contributed by atoms with Crippen LogP contribution >= 0.6 is 0 Å². The second-order valence-electron chi connectivity index (χ2n) is 5.41. The summed E-state index contributed by atoms with van der Waals surface area (Å²) in [4.78, 5) is 15.9. The third-order valence-electron chi connectivity index (χ3n) is 2.33. The Morgan fingerprint density at radius 2 is 2.11 bits per heavy atom. The second kappa shape index (κ2) is 7.09. The van der Waals surface area contributed by atoms with Gasteiger partial charge in [-0.2, -0.15) is 0 Å². The molecule has 0 fully saturated rings. The fourth-order valence-corrected chi connectivity index (χ4v) is 1.54. The van der Waals surface area contributed by atoms with Crippen molar-refractivity contribution in [3.8, 4) is 0 Å². The van der Waals surface area contributed by atoms with E-state index in [4.69, 9.17) is 4.74 Å². The summed E-state index contributed by atoms with van der Waals surface area (Å²) in [5.74, 6) is -0.154. The molecule has 5 heteroatoms. The van der Waals surface area contributed by atoms with Gasteiger partial charge >= 0.3 is 0 Å². The molecule has 0 aliphatic heterocycles. The van der Waals surface area contributed by atoms with E-state index in [-0.39, 0.29) is 11.4 Å². The van der Waals surface area contributed by atoms with Gasteiger partial charge in [-0.25, -0.2) is 4.98 Å². The number of carbonyl (C=O) groups excluding carboxylic acids is 1. The summed E-state index contributed by atoms with van der Waals surface area (Å²) in [5.41, 5.74) is 1.31. The van der Waals surface area contributed by atoms with E-state index >= 15 is 0 Å². The maximum Gasteiger partial charge on any atom is 0.269 e. The van der Waals surface area contributed by atoms with Crippen molar-refractivity contribution < 1.29 is 9.53 Å². The van der Waals surface area contributed by atoms with Gasteiger partial charge in [-0.1, -0.05) is 0 Å². The Hall–Kier alpha value is -1.62. The van der Waals surface area contributed by atoms with E-state index in [1.54, 1.807) is 19.4 Å². The summed E-state index contributed by atoms with van der Waals surface area (Å²) in [6.45, 7) is 7.45.